The van der Waals surface area contributed by atoms with Crippen LogP contribution in [0.2, 0.25) is 0 Å². The first-order valence-corrected chi connectivity index (χ1v) is 17.0. The van der Waals surface area contributed by atoms with Gasteiger partial charge >= 0.3 is 6.09 Å². The SMILES string of the molecule is CCC1CC(=O)C(c2coc3ccc4cc(OCCCCCCNC(=O)c5ccc(NC(=O)OC(C)(C)C)cc5)ccc4c23)CCC1=O. The van der Waals surface area contributed by atoms with Crippen molar-refractivity contribution >= 4 is 51.0 Å². The Kier molecular flexibility index (Phi) is 11.2. The number of fused-ring (bicyclic) bond motifs is 3. The smallest absolute Gasteiger partial charge is 0.412 e. The Labute approximate surface area is 281 Å². The second kappa shape index (κ2) is 15.5. The molecule has 9 nitrogen and oxygen atoms in total. The van der Waals surface area contributed by atoms with Crippen molar-refractivity contribution in [2.75, 3.05) is 18.5 Å². The van der Waals surface area contributed by atoms with Gasteiger partial charge in [0.15, 0.2) is 0 Å². The first-order valence-electron chi connectivity index (χ1n) is 17.0. The van der Waals surface area contributed by atoms with E-state index >= 15 is 0 Å². The molecule has 3 aromatic carbocycles. The summed E-state index contributed by atoms with van der Waals surface area (Å²) in [6, 6.07) is 16.6. The Hall–Kier alpha value is -4.66. The van der Waals surface area contributed by atoms with Gasteiger partial charge in [-0.05, 0) is 106 Å². The van der Waals surface area contributed by atoms with E-state index in [9.17, 15) is 19.2 Å². The van der Waals surface area contributed by atoms with Gasteiger partial charge in [0.1, 0.15) is 28.5 Å². The van der Waals surface area contributed by atoms with E-state index in [-0.39, 0.29) is 29.3 Å². The highest BCUT2D eigenvalue weighted by atomic mass is 16.6. The number of unbranched alkanes of at least 4 members (excludes halogenated alkanes) is 3. The normalized spacial score (nSPS) is 16.9. The van der Waals surface area contributed by atoms with Crippen molar-refractivity contribution in [3.05, 3.63) is 72.0 Å². The number of nitrogens with one attached hydrogen (secondary N) is 2. The van der Waals surface area contributed by atoms with Gasteiger partial charge < -0.3 is 19.2 Å². The molecule has 0 radical (unpaired) electrons. The third kappa shape index (κ3) is 8.82. The third-order valence-electron chi connectivity index (χ3n) is 8.81. The zero-order valence-corrected chi connectivity index (χ0v) is 28.4. The predicted octanol–water partition coefficient (Wildman–Crippen LogP) is 8.73. The molecular weight excluding hydrogens is 608 g/mol. The van der Waals surface area contributed by atoms with E-state index in [0.717, 1.165) is 58.7 Å². The van der Waals surface area contributed by atoms with Crippen LogP contribution in [0.4, 0.5) is 10.5 Å². The fraction of sp³-hybridized carbons (Fsp3) is 0.436. The minimum atomic E-state index is -0.586. The van der Waals surface area contributed by atoms with Crippen LogP contribution in [0.15, 0.2) is 65.3 Å². The van der Waals surface area contributed by atoms with Crippen LogP contribution in [0.1, 0.15) is 101 Å². The van der Waals surface area contributed by atoms with E-state index in [0.29, 0.717) is 50.1 Å². The van der Waals surface area contributed by atoms with Crippen LogP contribution in [0, 0.1) is 5.92 Å². The molecule has 48 heavy (non-hydrogen) atoms. The fourth-order valence-corrected chi connectivity index (χ4v) is 6.27. The minimum absolute atomic E-state index is 0.121. The highest BCUT2D eigenvalue weighted by Crippen LogP contribution is 2.39. The number of benzene rings is 3. The van der Waals surface area contributed by atoms with E-state index in [1.807, 2.05) is 37.3 Å². The Balaban J connectivity index is 1.05. The summed E-state index contributed by atoms with van der Waals surface area (Å²) >= 11 is 0. The van der Waals surface area contributed by atoms with E-state index in [1.165, 1.54) is 0 Å². The number of furan rings is 1. The second-order valence-corrected chi connectivity index (χ2v) is 13.6. The molecule has 2 N–H and O–H groups in total. The molecular formula is C39H46N2O7. The van der Waals surface area contributed by atoms with Gasteiger partial charge in [0.2, 0.25) is 0 Å². The van der Waals surface area contributed by atoms with Crippen LogP contribution in [0.5, 0.6) is 5.75 Å². The molecule has 4 aromatic rings. The van der Waals surface area contributed by atoms with Gasteiger partial charge in [-0.15, -0.1) is 0 Å². The number of rotatable bonds is 12. The number of Topliss-reactive ketones (excluding diaryl/α,β-unsaturated/α-hetero) is 2. The average molecular weight is 655 g/mol. The highest BCUT2D eigenvalue weighted by Gasteiger charge is 2.33. The summed E-state index contributed by atoms with van der Waals surface area (Å²) in [6.07, 6.45) is 6.80. The van der Waals surface area contributed by atoms with Gasteiger partial charge in [0, 0.05) is 53.4 Å². The molecule has 1 aromatic heterocycles. The molecule has 0 aliphatic heterocycles. The quantitative estimate of drug-likeness (QED) is 0.116. The van der Waals surface area contributed by atoms with Crippen LogP contribution in [0.3, 0.4) is 0 Å². The number of anilines is 1. The Bertz CT molecular complexity index is 1770. The van der Waals surface area contributed by atoms with Crippen molar-refractivity contribution in [1.29, 1.82) is 0 Å². The number of carbonyl (C=O) groups excluding carboxylic acids is 4. The molecule has 1 aliphatic rings. The second-order valence-electron chi connectivity index (χ2n) is 13.6. The molecule has 2 unspecified atom stereocenters. The van der Waals surface area contributed by atoms with E-state index < -0.39 is 11.7 Å². The Morgan fingerprint density at radius 3 is 2.46 bits per heavy atom. The molecule has 0 saturated heterocycles. The number of hydrogen-bond donors (Lipinski definition) is 2. The van der Waals surface area contributed by atoms with Crippen molar-refractivity contribution in [3.8, 4) is 5.75 Å². The molecule has 1 aliphatic carbocycles. The summed E-state index contributed by atoms with van der Waals surface area (Å²) in [4.78, 5) is 50.1. The van der Waals surface area contributed by atoms with Gasteiger partial charge in [-0.1, -0.05) is 25.8 Å². The summed E-state index contributed by atoms with van der Waals surface area (Å²) in [5.74, 6) is 0.436. The lowest BCUT2D eigenvalue weighted by Crippen LogP contribution is -2.27. The van der Waals surface area contributed by atoms with Crippen LogP contribution in [-0.2, 0) is 14.3 Å². The molecule has 254 valence electrons. The molecule has 1 saturated carbocycles. The van der Waals surface area contributed by atoms with Crippen molar-refractivity contribution in [2.24, 2.45) is 5.92 Å². The van der Waals surface area contributed by atoms with Crippen molar-refractivity contribution in [3.63, 3.8) is 0 Å². The summed E-state index contributed by atoms with van der Waals surface area (Å²) in [5, 5.41) is 8.57. The topological polar surface area (TPSA) is 124 Å². The van der Waals surface area contributed by atoms with Crippen molar-refractivity contribution < 1.29 is 33.1 Å². The number of hydrogen-bond acceptors (Lipinski definition) is 7. The monoisotopic (exact) mass is 654 g/mol. The molecule has 2 atom stereocenters. The van der Waals surface area contributed by atoms with Crippen LogP contribution < -0.4 is 15.4 Å². The third-order valence-corrected chi connectivity index (χ3v) is 8.81. The van der Waals surface area contributed by atoms with E-state index in [1.54, 1.807) is 51.3 Å². The van der Waals surface area contributed by atoms with Gasteiger partial charge in [-0.2, -0.15) is 0 Å². The maximum absolute atomic E-state index is 13.2. The molecule has 9 heteroatoms. The maximum atomic E-state index is 13.2. The maximum Gasteiger partial charge on any atom is 0.412 e. The minimum Gasteiger partial charge on any atom is -0.494 e. The number of carbonyl (C=O) groups is 4. The van der Waals surface area contributed by atoms with Crippen molar-refractivity contribution in [1.82, 2.24) is 5.32 Å². The molecule has 0 spiro atoms. The standard InChI is InChI=1S/C39H46N2O7/c1-5-25-23-34(43)31(17-18-33(25)42)32-24-47-35-19-12-27-22-29(15-16-30(27)36(32)35)46-21-9-7-6-8-20-40-37(44)26-10-13-28(14-11-26)41-38(45)48-39(2,3)4/h10-16,19,22,24-25,31H,5-9,17-18,20-21,23H2,1-4H3,(H,40,44)(H,41,45). The zero-order chi connectivity index (χ0) is 34.3. The Morgan fingerprint density at radius 1 is 0.938 bits per heavy atom. The molecule has 0 bridgehead atoms. The number of ketones is 2. The van der Waals surface area contributed by atoms with Crippen LogP contribution in [-0.4, -0.2) is 42.3 Å². The van der Waals surface area contributed by atoms with Gasteiger partial charge in [-0.25, -0.2) is 4.79 Å². The van der Waals surface area contributed by atoms with Crippen LogP contribution in [0.25, 0.3) is 21.7 Å². The lowest BCUT2D eigenvalue weighted by atomic mass is 9.88. The van der Waals surface area contributed by atoms with Gasteiger partial charge in [0.05, 0.1) is 12.9 Å². The summed E-state index contributed by atoms with van der Waals surface area (Å²) < 4.78 is 17.2. The number of amides is 2. The van der Waals surface area contributed by atoms with Crippen molar-refractivity contribution in [2.45, 2.75) is 90.6 Å². The summed E-state index contributed by atoms with van der Waals surface area (Å²) in [6.45, 7) is 8.53. The average Bonchev–Trinajstić information content (AvgIpc) is 3.42. The first-order chi connectivity index (χ1) is 23.0. The van der Waals surface area contributed by atoms with E-state index in [2.05, 4.69) is 10.6 Å². The largest absolute Gasteiger partial charge is 0.494 e. The highest BCUT2D eigenvalue weighted by molar-refractivity contribution is 6.10. The lowest BCUT2D eigenvalue weighted by molar-refractivity contribution is -0.126. The summed E-state index contributed by atoms with van der Waals surface area (Å²) in [7, 11) is 0. The first kappa shape index (κ1) is 34.7. The number of ether oxygens (including phenoxy) is 2. The fourth-order valence-electron chi connectivity index (χ4n) is 6.27. The predicted molar refractivity (Wildman–Crippen MR) is 187 cm³/mol. The van der Waals surface area contributed by atoms with Gasteiger partial charge in [-0.3, -0.25) is 19.7 Å². The van der Waals surface area contributed by atoms with E-state index in [4.69, 9.17) is 13.9 Å². The Morgan fingerprint density at radius 2 is 1.71 bits per heavy atom. The lowest BCUT2D eigenvalue weighted by Gasteiger charge is -2.19. The molecule has 2 amide bonds. The summed E-state index contributed by atoms with van der Waals surface area (Å²) in [5.41, 5.74) is 2.11. The van der Waals surface area contributed by atoms with Gasteiger partial charge in [0.25, 0.3) is 5.91 Å². The zero-order valence-electron chi connectivity index (χ0n) is 28.4. The molecule has 1 fully saturated rings. The molecule has 1 heterocycles. The molecule has 5 rings (SSSR count). The van der Waals surface area contributed by atoms with Crippen LogP contribution >= 0.6 is 0 Å².